The highest BCUT2D eigenvalue weighted by atomic mass is 35.5. The standard InChI is InChI=1S/C25H25Cl2N7O3S2/c26-16-4-1-5-18(19(16)27)38-20-22-31-12-14(13-35)34(22)24(32-23(20)39(29,36)37)33-9-6-25(7-10-33)11-17-15(21(25)28)3-2-8-30-17/h1-5,8,12,21,35H,6-7,9-11,13,28H2,(H2,29,36,37)/t21-/m1/s1. The molecule has 1 spiro atoms. The molecule has 204 valence electrons. The molecule has 4 aromatic rings. The fourth-order valence-corrected chi connectivity index (χ4v) is 8.07. The van der Waals surface area contributed by atoms with Crippen LogP contribution in [0.25, 0.3) is 5.65 Å². The number of pyridine rings is 1. The molecular formula is C25H25Cl2N7O3S2. The van der Waals surface area contributed by atoms with Crippen LogP contribution < -0.4 is 15.8 Å². The number of halogens is 2. The summed E-state index contributed by atoms with van der Waals surface area (Å²) in [6.07, 6.45) is 5.61. The largest absolute Gasteiger partial charge is 0.390 e. The second-order valence-electron chi connectivity index (χ2n) is 9.85. The van der Waals surface area contributed by atoms with Crippen molar-refractivity contribution in [1.29, 1.82) is 0 Å². The molecule has 6 rings (SSSR count). The van der Waals surface area contributed by atoms with Gasteiger partial charge in [0.1, 0.15) is 0 Å². The molecule has 14 heteroatoms. The van der Waals surface area contributed by atoms with E-state index in [1.807, 2.05) is 17.0 Å². The Morgan fingerprint density at radius 3 is 2.62 bits per heavy atom. The van der Waals surface area contributed by atoms with E-state index in [-0.39, 0.29) is 33.0 Å². The predicted molar refractivity (Wildman–Crippen MR) is 150 cm³/mol. The Labute approximate surface area is 239 Å². The first-order valence-corrected chi connectivity index (χ1v) is 15.3. The van der Waals surface area contributed by atoms with Gasteiger partial charge in [0.05, 0.1) is 33.4 Å². The van der Waals surface area contributed by atoms with Gasteiger partial charge in [0.2, 0.25) is 5.95 Å². The Morgan fingerprint density at radius 2 is 1.92 bits per heavy atom. The van der Waals surface area contributed by atoms with Crippen molar-refractivity contribution in [2.24, 2.45) is 16.3 Å². The number of piperidine rings is 1. The summed E-state index contributed by atoms with van der Waals surface area (Å²) in [4.78, 5) is 16.3. The predicted octanol–water partition coefficient (Wildman–Crippen LogP) is 3.56. The van der Waals surface area contributed by atoms with Gasteiger partial charge in [-0.1, -0.05) is 47.1 Å². The molecular weight excluding hydrogens is 581 g/mol. The third-order valence-corrected chi connectivity index (χ3v) is 10.7. The van der Waals surface area contributed by atoms with Crippen LogP contribution in [0.5, 0.6) is 0 Å². The number of aromatic nitrogens is 4. The van der Waals surface area contributed by atoms with Gasteiger partial charge >= 0.3 is 0 Å². The van der Waals surface area contributed by atoms with Gasteiger partial charge in [-0.15, -0.1) is 0 Å². The number of sulfonamides is 1. The molecule has 0 amide bonds. The van der Waals surface area contributed by atoms with Crippen molar-refractivity contribution in [2.45, 2.75) is 46.7 Å². The van der Waals surface area contributed by atoms with Crippen LogP contribution in [-0.4, -0.2) is 46.0 Å². The number of benzene rings is 1. The number of nitrogens with two attached hydrogens (primary N) is 2. The van der Waals surface area contributed by atoms with Gasteiger partial charge in [-0.05, 0) is 48.4 Å². The SMILES string of the molecule is N[C@@H]1c2cccnc2CC12CCN(c1nc(S(N)(=O)=O)c(Sc3cccc(Cl)c3Cl)c3ncc(CO)n13)CC2. The molecule has 0 bridgehead atoms. The monoisotopic (exact) mass is 605 g/mol. The van der Waals surface area contributed by atoms with Crippen LogP contribution in [0.2, 0.25) is 10.0 Å². The molecule has 2 aliphatic rings. The molecule has 1 fully saturated rings. The fraction of sp³-hybridized carbons (Fsp3) is 0.320. The highest BCUT2D eigenvalue weighted by molar-refractivity contribution is 8.00. The maximum absolute atomic E-state index is 12.8. The fourth-order valence-electron chi connectivity index (χ4n) is 5.63. The molecule has 39 heavy (non-hydrogen) atoms. The molecule has 4 heterocycles. The summed E-state index contributed by atoms with van der Waals surface area (Å²) in [6, 6.07) is 8.89. The van der Waals surface area contributed by atoms with E-state index in [0.717, 1.165) is 42.3 Å². The van der Waals surface area contributed by atoms with E-state index in [1.165, 1.54) is 6.20 Å². The van der Waals surface area contributed by atoms with E-state index in [2.05, 4.69) is 15.0 Å². The van der Waals surface area contributed by atoms with Gasteiger partial charge in [0, 0.05) is 35.9 Å². The maximum atomic E-state index is 12.8. The van der Waals surface area contributed by atoms with Crippen LogP contribution in [-0.2, 0) is 23.1 Å². The Morgan fingerprint density at radius 1 is 1.15 bits per heavy atom. The van der Waals surface area contributed by atoms with E-state index in [9.17, 15) is 13.5 Å². The maximum Gasteiger partial charge on any atom is 0.256 e. The van der Waals surface area contributed by atoms with E-state index in [0.29, 0.717) is 40.3 Å². The van der Waals surface area contributed by atoms with Gasteiger partial charge in [-0.3, -0.25) is 9.38 Å². The van der Waals surface area contributed by atoms with Crippen LogP contribution in [0.4, 0.5) is 5.95 Å². The van der Waals surface area contributed by atoms with Gasteiger partial charge in [0.15, 0.2) is 10.7 Å². The van der Waals surface area contributed by atoms with Crippen LogP contribution in [0.1, 0.15) is 35.8 Å². The number of fused-ring (bicyclic) bond motifs is 2. The third kappa shape index (κ3) is 4.48. The van der Waals surface area contributed by atoms with Gasteiger partial charge in [-0.2, -0.15) is 4.98 Å². The van der Waals surface area contributed by atoms with Crippen LogP contribution in [0.3, 0.4) is 0 Å². The van der Waals surface area contributed by atoms with Crippen LogP contribution >= 0.6 is 35.0 Å². The van der Waals surface area contributed by atoms with E-state index < -0.39 is 10.0 Å². The van der Waals surface area contributed by atoms with Gasteiger partial charge in [-0.25, -0.2) is 18.5 Å². The zero-order valence-electron chi connectivity index (χ0n) is 20.6. The first-order valence-electron chi connectivity index (χ1n) is 12.2. The Hall–Kier alpha value is -2.45. The van der Waals surface area contributed by atoms with Gasteiger partial charge < -0.3 is 15.7 Å². The molecule has 10 nitrogen and oxygen atoms in total. The summed E-state index contributed by atoms with van der Waals surface area (Å²) >= 11 is 13.7. The van der Waals surface area contributed by atoms with Crippen molar-refractivity contribution in [1.82, 2.24) is 19.4 Å². The molecule has 0 saturated carbocycles. The highest BCUT2D eigenvalue weighted by Gasteiger charge is 2.47. The minimum Gasteiger partial charge on any atom is -0.390 e. The number of aliphatic hydroxyl groups excluding tert-OH is 1. The number of imidazole rings is 1. The number of hydrogen-bond donors (Lipinski definition) is 3. The molecule has 1 aromatic carbocycles. The number of primary sulfonamides is 1. The number of hydrogen-bond acceptors (Lipinski definition) is 9. The number of aliphatic hydroxyl groups is 1. The number of rotatable bonds is 5. The lowest BCUT2D eigenvalue weighted by atomic mass is 9.73. The highest BCUT2D eigenvalue weighted by Crippen LogP contribution is 2.50. The molecule has 0 unspecified atom stereocenters. The third-order valence-electron chi connectivity index (χ3n) is 7.68. The summed E-state index contributed by atoms with van der Waals surface area (Å²) in [5.74, 6) is 0.342. The molecule has 1 saturated heterocycles. The van der Waals surface area contributed by atoms with Crippen molar-refractivity contribution in [3.8, 4) is 0 Å². The normalized spacial score (nSPS) is 18.7. The van der Waals surface area contributed by atoms with Gasteiger partial charge in [0.25, 0.3) is 10.0 Å². The minimum absolute atomic E-state index is 0.126. The minimum atomic E-state index is -4.27. The Balaban J connectivity index is 1.42. The molecule has 1 atom stereocenters. The second kappa shape index (κ2) is 9.88. The lowest BCUT2D eigenvalue weighted by Crippen LogP contribution is -2.45. The summed E-state index contributed by atoms with van der Waals surface area (Å²) in [5, 5.41) is 16.1. The van der Waals surface area contributed by atoms with Crippen molar-refractivity contribution in [3.05, 3.63) is 69.7 Å². The molecule has 3 aromatic heterocycles. The van der Waals surface area contributed by atoms with E-state index in [1.54, 1.807) is 28.8 Å². The number of anilines is 1. The topological polar surface area (TPSA) is 153 Å². The Bertz CT molecular complexity index is 1710. The first-order chi connectivity index (χ1) is 18.6. The van der Waals surface area contributed by atoms with Crippen molar-refractivity contribution >= 4 is 56.6 Å². The number of nitrogens with zero attached hydrogens (tertiary/aromatic N) is 5. The van der Waals surface area contributed by atoms with Crippen LogP contribution in [0, 0.1) is 5.41 Å². The van der Waals surface area contributed by atoms with E-state index >= 15 is 0 Å². The Kier molecular flexibility index (Phi) is 6.78. The molecule has 1 aliphatic carbocycles. The smallest absolute Gasteiger partial charge is 0.256 e. The van der Waals surface area contributed by atoms with Crippen molar-refractivity contribution < 1.29 is 13.5 Å². The van der Waals surface area contributed by atoms with Crippen molar-refractivity contribution in [3.63, 3.8) is 0 Å². The zero-order valence-corrected chi connectivity index (χ0v) is 23.7. The zero-order chi connectivity index (χ0) is 27.5. The van der Waals surface area contributed by atoms with Crippen LogP contribution in [0.15, 0.2) is 57.5 Å². The quantitative estimate of drug-likeness (QED) is 0.290. The van der Waals surface area contributed by atoms with Crippen molar-refractivity contribution in [2.75, 3.05) is 18.0 Å². The lowest BCUT2D eigenvalue weighted by Gasteiger charge is -2.42. The summed E-state index contributed by atoms with van der Waals surface area (Å²) in [6.45, 7) is 0.823. The molecule has 0 radical (unpaired) electrons. The average molecular weight is 607 g/mol. The molecule has 5 N–H and O–H groups in total. The molecule has 1 aliphatic heterocycles. The van der Waals surface area contributed by atoms with E-state index in [4.69, 9.17) is 34.1 Å². The average Bonchev–Trinajstić information content (AvgIpc) is 3.46. The lowest BCUT2D eigenvalue weighted by molar-refractivity contribution is 0.186. The summed E-state index contributed by atoms with van der Waals surface area (Å²) in [5.41, 5.74) is 9.46. The summed E-state index contributed by atoms with van der Waals surface area (Å²) < 4.78 is 27.4. The second-order valence-corrected chi connectivity index (χ2v) is 13.2. The first kappa shape index (κ1) is 26.8. The summed E-state index contributed by atoms with van der Waals surface area (Å²) in [7, 11) is -4.27.